The Morgan fingerprint density at radius 2 is 0.798 bits per heavy atom. The SMILES string of the molecule is C/C(=C\S(=O)(=O)c1ccc(C)cc1)C(=O)OCc1ccccc1.C=C(C)C(=O)OCc1ccccc1.C=C(CS(=O)(=O)c1ccc(C)cc1)C(=O)OCc1ccccc1.CCN(CC)CC.CCN(CC)CC.Cc1ccc(S(=O)[O-])cc1.[Na+]. The minimum atomic E-state index is -3.67. The van der Waals surface area contributed by atoms with Crippen molar-refractivity contribution in [1.82, 2.24) is 9.80 Å². The maximum absolute atomic E-state index is 12.3. The predicted molar refractivity (Wildman–Crippen MR) is 333 cm³/mol. The molecule has 0 heterocycles. The Morgan fingerprint density at radius 3 is 1.11 bits per heavy atom. The standard InChI is InChI=1S/2C18H18O4S.C11H12O2.C7H8O2S.2C6H15N.Na/c2*1-14-8-10-17(11-9-14)23(20,21)13-15(2)18(19)22-12-16-6-4-3-5-7-16;1-9(2)11(12)13-8-10-6-4-3-5-7-10;1-6-2-4-7(5-3-6)10(8)9;2*1-4-7(5-2)6-3;/h3-11,13H,12H2,1-2H3;3-11H,2,12-13H2,1H3;3-7H,1,8H2,2H3;2-5H,1H3,(H,8,9);2*4-6H2,1-3H3;/q;;;;;;+1/p-1/b15-13+;;;;;;. The van der Waals surface area contributed by atoms with Crippen molar-refractivity contribution in [1.29, 1.82) is 0 Å². The van der Waals surface area contributed by atoms with Crippen molar-refractivity contribution in [2.75, 3.05) is 45.0 Å². The largest absolute Gasteiger partial charge is 1.00 e. The average molecular weight is 1220 g/mol. The van der Waals surface area contributed by atoms with Crippen LogP contribution in [-0.4, -0.2) is 98.3 Å². The number of carbonyl (C=O) groups is 3. The number of aryl methyl sites for hydroxylation is 3. The summed E-state index contributed by atoms with van der Waals surface area (Å²) in [4.78, 5) is 40.2. The predicted octanol–water partition coefficient (Wildman–Crippen LogP) is 9.72. The van der Waals surface area contributed by atoms with Crippen molar-refractivity contribution >= 4 is 48.7 Å². The molecule has 0 aromatic heterocycles. The molecule has 6 aromatic carbocycles. The molecule has 0 aliphatic heterocycles. The van der Waals surface area contributed by atoms with Crippen LogP contribution >= 0.6 is 0 Å². The molecule has 0 saturated carbocycles. The molecule has 0 aliphatic rings. The molecule has 0 N–H and O–H groups in total. The average Bonchev–Trinajstić information content (AvgIpc) is 3.69. The van der Waals surface area contributed by atoms with E-state index in [1.807, 2.05) is 112 Å². The van der Waals surface area contributed by atoms with Crippen molar-refractivity contribution in [3.8, 4) is 0 Å². The molecule has 0 radical (unpaired) electrons. The van der Waals surface area contributed by atoms with E-state index in [2.05, 4.69) is 64.5 Å². The van der Waals surface area contributed by atoms with Gasteiger partial charge in [-0.3, -0.25) is 4.21 Å². The van der Waals surface area contributed by atoms with Gasteiger partial charge in [0.15, 0.2) is 19.7 Å². The second-order valence-electron chi connectivity index (χ2n) is 18.6. The van der Waals surface area contributed by atoms with Gasteiger partial charge in [0, 0.05) is 27.0 Å². The van der Waals surface area contributed by atoms with Crippen LogP contribution in [0.5, 0.6) is 0 Å². The summed E-state index contributed by atoms with van der Waals surface area (Å²) in [6.45, 7) is 36.5. The number of esters is 3. The van der Waals surface area contributed by atoms with Gasteiger partial charge < -0.3 is 28.6 Å². The summed E-state index contributed by atoms with van der Waals surface area (Å²) in [6.07, 6.45) is 0. The number of hydrogen-bond acceptors (Lipinski definition) is 14. The van der Waals surface area contributed by atoms with Gasteiger partial charge in [0.2, 0.25) is 0 Å². The number of hydrogen-bond donors (Lipinski definition) is 0. The van der Waals surface area contributed by atoms with Gasteiger partial charge >= 0.3 is 47.5 Å². The molecule has 0 saturated heterocycles. The molecule has 0 amide bonds. The molecule has 0 fully saturated rings. The van der Waals surface area contributed by atoms with E-state index >= 15 is 0 Å². The van der Waals surface area contributed by atoms with E-state index in [0.29, 0.717) is 17.1 Å². The fourth-order valence-electron chi connectivity index (χ4n) is 6.69. The molecule has 0 aliphatic carbocycles. The summed E-state index contributed by atoms with van der Waals surface area (Å²) in [5.74, 6) is -2.15. The first-order chi connectivity index (χ1) is 39.4. The number of ether oxygens (including phenoxy) is 3. The number of rotatable bonds is 21. The van der Waals surface area contributed by atoms with Gasteiger partial charge in [-0.1, -0.05) is 199 Å². The van der Waals surface area contributed by atoms with Crippen molar-refractivity contribution in [2.45, 2.75) is 111 Å². The first-order valence-corrected chi connectivity index (χ1v) is 31.5. The van der Waals surface area contributed by atoms with Crippen LogP contribution in [0.15, 0.2) is 214 Å². The summed E-state index contributed by atoms with van der Waals surface area (Å²) in [6, 6.07) is 47.5. The van der Waals surface area contributed by atoms with E-state index in [9.17, 15) is 40.0 Å². The number of carbonyl (C=O) groups excluding carboxylic acids is 3. The van der Waals surface area contributed by atoms with Crippen LogP contribution in [0.4, 0.5) is 0 Å². The van der Waals surface area contributed by atoms with Gasteiger partial charge in [-0.2, -0.15) is 0 Å². The third-order valence-electron chi connectivity index (χ3n) is 11.9. The zero-order valence-corrected chi connectivity index (χ0v) is 55.6. The van der Waals surface area contributed by atoms with Crippen LogP contribution in [0.25, 0.3) is 0 Å². The van der Waals surface area contributed by atoms with E-state index in [1.54, 1.807) is 55.5 Å². The normalized spacial score (nSPS) is 11.0. The van der Waals surface area contributed by atoms with Crippen LogP contribution in [0, 0.1) is 20.8 Å². The minimum absolute atomic E-state index is 0. The Balaban J connectivity index is 0.00000105. The number of nitrogens with zero attached hydrogens (tertiary/aromatic N) is 2. The van der Waals surface area contributed by atoms with Crippen molar-refractivity contribution < 1.29 is 83.7 Å². The molecule has 6 aromatic rings. The Hall–Kier alpha value is -6.12. The Bertz CT molecular complexity index is 3110. The van der Waals surface area contributed by atoms with E-state index < -0.39 is 48.4 Å². The van der Waals surface area contributed by atoms with Crippen LogP contribution in [0.1, 0.15) is 88.8 Å². The maximum Gasteiger partial charge on any atom is 1.00 e. The van der Waals surface area contributed by atoms with Gasteiger partial charge in [0.05, 0.1) is 15.5 Å². The van der Waals surface area contributed by atoms with Crippen LogP contribution in [0.3, 0.4) is 0 Å². The van der Waals surface area contributed by atoms with Gasteiger partial charge in [-0.05, 0) is 138 Å². The summed E-state index contributed by atoms with van der Waals surface area (Å²) in [5, 5.41) is 0.949. The third kappa shape index (κ3) is 33.4. The molecule has 14 nitrogen and oxygen atoms in total. The molecule has 84 heavy (non-hydrogen) atoms. The molecule has 0 bridgehead atoms. The molecule has 1 atom stereocenters. The molecular weight excluding hydrogens is 1130 g/mol. The fourth-order valence-corrected chi connectivity index (χ4v) is 9.56. The zero-order chi connectivity index (χ0) is 62.4. The topological polar surface area (TPSA) is 194 Å². The smallest absolute Gasteiger partial charge is 0.768 e. The van der Waals surface area contributed by atoms with Crippen LogP contribution in [-0.2, 0) is 79.2 Å². The van der Waals surface area contributed by atoms with Gasteiger partial charge in [-0.15, -0.1) is 0 Å². The zero-order valence-electron chi connectivity index (χ0n) is 51.2. The van der Waals surface area contributed by atoms with E-state index in [4.69, 9.17) is 14.2 Å². The molecule has 6 rings (SSSR count). The first kappa shape index (κ1) is 77.9. The molecule has 1 unspecified atom stereocenters. The summed E-state index contributed by atoms with van der Waals surface area (Å²) >= 11 is -2.09. The van der Waals surface area contributed by atoms with Gasteiger partial charge in [-0.25, -0.2) is 31.2 Å². The van der Waals surface area contributed by atoms with Gasteiger partial charge in [0.25, 0.3) is 0 Å². The van der Waals surface area contributed by atoms with E-state index in [-0.39, 0.29) is 69.7 Å². The molecular formula is C66H85N2NaO12S3. The minimum Gasteiger partial charge on any atom is -0.768 e. The monoisotopic (exact) mass is 1220 g/mol. The fraction of sp³-hybridized carbons (Fsp3) is 0.318. The van der Waals surface area contributed by atoms with E-state index in [1.165, 1.54) is 70.5 Å². The molecule has 18 heteroatoms. The molecule has 450 valence electrons. The second-order valence-corrected chi connectivity index (χ2v) is 23.3. The van der Waals surface area contributed by atoms with E-state index in [0.717, 1.165) is 38.8 Å². The summed E-state index contributed by atoms with van der Waals surface area (Å²) in [7, 11) is -7.27. The maximum atomic E-state index is 12.3. The summed E-state index contributed by atoms with van der Waals surface area (Å²) < 4.78 is 84.8. The van der Waals surface area contributed by atoms with Crippen molar-refractivity contribution in [3.63, 3.8) is 0 Å². The van der Waals surface area contributed by atoms with Crippen molar-refractivity contribution in [2.24, 2.45) is 0 Å². The Morgan fingerprint density at radius 1 is 0.488 bits per heavy atom. The quantitative estimate of drug-likeness (QED) is 0.0217. The number of benzene rings is 6. The third-order valence-corrected chi connectivity index (χ3v) is 15.9. The van der Waals surface area contributed by atoms with Crippen LogP contribution in [0.2, 0.25) is 0 Å². The van der Waals surface area contributed by atoms with Crippen molar-refractivity contribution in [3.05, 3.63) is 232 Å². The van der Waals surface area contributed by atoms with Gasteiger partial charge in [0.1, 0.15) is 19.8 Å². The Kier molecular flexibility index (Phi) is 40.3. The molecule has 0 spiro atoms. The number of sulfone groups is 2. The Labute approximate surface area is 526 Å². The van der Waals surface area contributed by atoms with Crippen LogP contribution < -0.4 is 29.6 Å². The second kappa shape index (κ2) is 43.5. The first-order valence-electron chi connectivity index (χ1n) is 27.2. The summed E-state index contributed by atoms with van der Waals surface area (Å²) in [5.41, 5.74) is 6.03.